The van der Waals surface area contributed by atoms with Gasteiger partial charge in [-0.1, -0.05) is 33.1 Å². The molecule has 3 nitrogen and oxygen atoms in total. The molecule has 0 bridgehead atoms. The van der Waals surface area contributed by atoms with Crippen LogP contribution in [0, 0.1) is 17.8 Å². The molecule has 0 spiro atoms. The summed E-state index contributed by atoms with van der Waals surface area (Å²) >= 11 is 0. The zero-order chi connectivity index (χ0) is 14.6. The standard InChI is InChI=1S/C16H31NO2S/c1-3-13-5-7-15(8-6-13)16(17-4-2)11-14-9-10-20(18,19)12-14/h13-17H,3-12H2,1-2H3. The Balaban J connectivity index is 1.87. The Kier molecular flexibility index (Phi) is 5.91. The molecular weight excluding hydrogens is 270 g/mol. The highest BCUT2D eigenvalue weighted by molar-refractivity contribution is 7.91. The summed E-state index contributed by atoms with van der Waals surface area (Å²) < 4.78 is 23.2. The van der Waals surface area contributed by atoms with Crippen LogP contribution in [0.3, 0.4) is 0 Å². The van der Waals surface area contributed by atoms with Crippen molar-refractivity contribution in [2.45, 2.75) is 64.8 Å². The quantitative estimate of drug-likeness (QED) is 0.820. The van der Waals surface area contributed by atoms with Crippen molar-refractivity contribution in [2.24, 2.45) is 17.8 Å². The topological polar surface area (TPSA) is 46.2 Å². The lowest BCUT2D eigenvalue weighted by molar-refractivity contribution is 0.201. The van der Waals surface area contributed by atoms with Gasteiger partial charge in [0, 0.05) is 6.04 Å². The van der Waals surface area contributed by atoms with Crippen molar-refractivity contribution in [3.8, 4) is 0 Å². The van der Waals surface area contributed by atoms with Crippen molar-refractivity contribution in [3.63, 3.8) is 0 Å². The number of nitrogens with one attached hydrogen (secondary N) is 1. The van der Waals surface area contributed by atoms with Crippen molar-refractivity contribution in [3.05, 3.63) is 0 Å². The molecule has 2 atom stereocenters. The Morgan fingerprint density at radius 1 is 1.05 bits per heavy atom. The lowest BCUT2D eigenvalue weighted by atomic mass is 9.75. The molecule has 0 radical (unpaired) electrons. The first-order chi connectivity index (χ1) is 9.54. The summed E-state index contributed by atoms with van der Waals surface area (Å²) in [5.74, 6) is 2.94. The largest absolute Gasteiger partial charge is 0.314 e. The first-order valence-electron chi connectivity index (χ1n) is 8.47. The predicted octanol–water partition coefficient (Wildman–Crippen LogP) is 3.01. The molecule has 2 unspecified atom stereocenters. The summed E-state index contributed by atoms with van der Waals surface area (Å²) in [6.07, 6.45) is 8.66. The lowest BCUT2D eigenvalue weighted by Gasteiger charge is -2.35. The van der Waals surface area contributed by atoms with Gasteiger partial charge >= 0.3 is 0 Å². The van der Waals surface area contributed by atoms with Gasteiger partial charge in [0.15, 0.2) is 9.84 Å². The molecule has 0 aromatic carbocycles. The smallest absolute Gasteiger partial charge is 0.150 e. The van der Waals surface area contributed by atoms with Gasteiger partial charge < -0.3 is 5.32 Å². The number of hydrogen-bond acceptors (Lipinski definition) is 3. The molecular formula is C16H31NO2S. The van der Waals surface area contributed by atoms with E-state index in [0.717, 1.165) is 31.2 Å². The molecule has 4 heteroatoms. The van der Waals surface area contributed by atoms with Crippen LogP contribution in [-0.4, -0.2) is 32.5 Å². The molecule has 1 saturated carbocycles. The zero-order valence-corrected chi connectivity index (χ0v) is 13.9. The molecule has 1 saturated heterocycles. The number of rotatable bonds is 6. The minimum Gasteiger partial charge on any atom is -0.314 e. The Hall–Kier alpha value is -0.0900. The maximum atomic E-state index is 11.6. The Morgan fingerprint density at radius 2 is 1.75 bits per heavy atom. The van der Waals surface area contributed by atoms with E-state index in [4.69, 9.17) is 0 Å². The van der Waals surface area contributed by atoms with Gasteiger partial charge in [0.05, 0.1) is 11.5 Å². The van der Waals surface area contributed by atoms with Crippen molar-refractivity contribution in [2.75, 3.05) is 18.1 Å². The zero-order valence-electron chi connectivity index (χ0n) is 13.1. The second kappa shape index (κ2) is 7.26. The Bertz CT molecular complexity index is 385. The van der Waals surface area contributed by atoms with Gasteiger partial charge in [0.25, 0.3) is 0 Å². The van der Waals surface area contributed by atoms with Crippen LogP contribution >= 0.6 is 0 Å². The van der Waals surface area contributed by atoms with Gasteiger partial charge in [-0.3, -0.25) is 0 Å². The fourth-order valence-electron chi connectivity index (χ4n) is 4.12. The Morgan fingerprint density at radius 3 is 2.25 bits per heavy atom. The van der Waals surface area contributed by atoms with Gasteiger partial charge in [0.2, 0.25) is 0 Å². The van der Waals surface area contributed by atoms with Gasteiger partial charge in [-0.2, -0.15) is 0 Å². The van der Waals surface area contributed by atoms with Gasteiger partial charge in [-0.25, -0.2) is 8.42 Å². The molecule has 118 valence electrons. The van der Waals surface area contributed by atoms with E-state index in [0.29, 0.717) is 23.5 Å². The molecule has 2 fully saturated rings. The minimum atomic E-state index is -2.73. The molecule has 0 aromatic rings. The van der Waals surface area contributed by atoms with Crippen LogP contribution in [0.5, 0.6) is 0 Å². The second-order valence-corrected chi connectivity index (χ2v) is 9.09. The third-order valence-electron chi connectivity index (χ3n) is 5.42. The minimum absolute atomic E-state index is 0.396. The van der Waals surface area contributed by atoms with E-state index >= 15 is 0 Å². The van der Waals surface area contributed by atoms with E-state index in [1.807, 2.05) is 0 Å². The highest BCUT2D eigenvalue weighted by atomic mass is 32.2. The van der Waals surface area contributed by atoms with Gasteiger partial charge in [-0.15, -0.1) is 0 Å². The summed E-state index contributed by atoms with van der Waals surface area (Å²) in [7, 11) is -2.73. The van der Waals surface area contributed by atoms with E-state index in [9.17, 15) is 8.42 Å². The SMILES string of the molecule is CCNC(CC1CCS(=O)(=O)C1)C1CCC(CC)CC1. The van der Waals surface area contributed by atoms with E-state index in [1.165, 1.54) is 32.1 Å². The second-order valence-electron chi connectivity index (χ2n) is 6.86. The third kappa shape index (κ3) is 4.45. The van der Waals surface area contributed by atoms with Crippen molar-refractivity contribution >= 4 is 9.84 Å². The third-order valence-corrected chi connectivity index (χ3v) is 7.26. The summed E-state index contributed by atoms with van der Waals surface area (Å²) in [4.78, 5) is 0. The van der Waals surface area contributed by atoms with E-state index in [-0.39, 0.29) is 0 Å². The molecule has 1 aliphatic heterocycles. The number of hydrogen-bond donors (Lipinski definition) is 1. The molecule has 1 aliphatic carbocycles. The predicted molar refractivity (Wildman–Crippen MR) is 84.6 cm³/mol. The molecule has 0 aromatic heterocycles. The van der Waals surface area contributed by atoms with Crippen molar-refractivity contribution < 1.29 is 8.42 Å². The van der Waals surface area contributed by atoms with Crippen LogP contribution in [-0.2, 0) is 9.84 Å². The fourth-order valence-corrected chi connectivity index (χ4v) is 6.00. The molecule has 0 amide bonds. The Labute approximate surface area is 124 Å². The van der Waals surface area contributed by atoms with Crippen LogP contribution < -0.4 is 5.32 Å². The molecule has 1 heterocycles. The lowest BCUT2D eigenvalue weighted by Crippen LogP contribution is -2.39. The maximum Gasteiger partial charge on any atom is 0.150 e. The van der Waals surface area contributed by atoms with E-state index in [1.54, 1.807) is 0 Å². The van der Waals surface area contributed by atoms with Crippen LogP contribution in [0.15, 0.2) is 0 Å². The molecule has 2 rings (SSSR count). The van der Waals surface area contributed by atoms with Crippen LogP contribution in [0.4, 0.5) is 0 Å². The maximum absolute atomic E-state index is 11.6. The first-order valence-corrected chi connectivity index (χ1v) is 10.3. The summed E-state index contributed by atoms with van der Waals surface area (Å²) in [6, 6.07) is 0.538. The summed E-state index contributed by atoms with van der Waals surface area (Å²) in [5, 5.41) is 3.64. The summed E-state index contributed by atoms with van der Waals surface area (Å²) in [6.45, 7) is 5.46. The molecule has 2 aliphatic rings. The van der Waals surface area contributed by atoms with Crippen LogP contribution in [0.25, 0.3) is 0 Å². The highest BCUT2D eigenvalue weighted by Crippen LogP contribution is 2.35. The van der Waals surface area contributed by atoms with Crippen molar-refractivity contribution in [1.82, 2.24) is 5.32 Å². The highest BCUT2D eigenvalue weighted by Gasteiger charge is 2.33. The normalized spacial score (nSPS) is 35.0. The summed E-state index contributed by atoms with van der Waals surface area (Å²) in [5.41, 5.74) is 0. The molecule has 20 heavy (non-hydrogen) atoms. The average molecular weight is 301 g/mol. The van der Waals surface area contributed by atoms with Crippen LogP contribution in [0.1, 0.15) is 58.8 Å². The fraction of sp³-hybridized carbons (Fsp3) is 1.00. The van der Waals surface area contributed by atoms with Gasteiger partial charge in [-0.05, 0) is 50.0 Å². The molecule has 1 N–H and O–H groups in total. The number of sulfone groups is 1. The first kappa shape index (κ1) is 16.3. The monoisotopic (exact) mass is 301 g/mol. The van der Waals surface area contributed by atoms with Gasteiger partial charge in [0.1, 0.15) is 0 Å². The van der Waals surface area contributed by atoms with Crippen LogP contribution in [0.2, 0.25) is 0 Å². The van der Waals surface area contributed by atoms with Crippen molar-refractivity contribution in [1.29, 1.82) is 0 Å². The van der Waals surface area contributed by atoms with E-state index < -0.39 is 9.84 Å². The van der Waals surface area contributed by atoms with E-state index in [2.05, 4.69) is 19.2 Å². The average Bonchev–Trinajstić information content (AvgIpc) is 2.78.